The summed E-state index contributed by atoms with van der Waals surface area (Å²) < 4.78 is 0. The van der Waals surface area contributed by atoms with Crippen LogP contribution in [-0.2, 0) is 0 Å². The van der Waals surface area contributed by atoms with Gasteiger partial charge in [-0.1, -0.05) is 45.4 Å². The predicted molar refractivity (Wildman–Crippen MR) is 70.6 cm³/mol. The Balaban J connectivity index is 1.78. The molecule has 2 fully saturated rings. The molecule has 0 aliphatic heterocycles. The molecule has 0 aromatic heterocycles. The van der Waals surface area contributed by atoms with Crippen LogP contribution in [0.2, 0.25) is 0 Å². The minimum absolute atomic E-state index is 0.852. The third-order valence-corrected chi connectivity index (χ3v) is 4.69. The van der Waals surface area contributed by atoms with Crippen LogP contribution in [0, 0.1) is 11.8 Å². The standard InChI is InChI=1S/C15H29N/c1-2-11-16-15(12-13-7-6-8-13)14-9-4-3-5-10-14/h13-16H,2-12H2,1H3. The quantitative estimate of drug-likeness (QED) is 0.714. The lowest BCUT2D eigenvalue weighted by Crippen LogP contribution is -2.40. The molecular formula is C15H29N. The van der Waals surface area contributed by atoms with E-state index in [0.717, 1.165) is 17.9 Å². The van der Waals surface area contributed by atoms with Crippen molar-refractivity contribution < 1.29 is 0 Å². The maximum atomic E-state index is 3.84. The Bertz CT molecular complexity index is 180. The largest absolute Gasteiger partial charge is 0.314 e. The van der Waals surface area contributed by atoms with E-state index in [0.29, 0.717) is 0 Å². The summed E-state index contributed by atoms with van der Waals surface area (Å²) >= 11 is 0. The molecule has 2 aliphatic carbocycles. The Kier molecular flexibility index (Phi) is 5.15. The van der Waals surface area contributed by atoms with Crippen molar-refractivity contribution in [2.24, 2.45) is 11.8 Å². The Hall–Kier alpha value is -0.0400. The first-order valence-electron chi connectivity index (χ1n) is 7.63. The maximum absolute atomic E-state index is 3.84. The summed E-state index contributed by atoms with van der Waals surface area (Å²) in [6.45, 7) is 3.52. The zero-order chi connectivity index (χ0) is 11.2. The summed E-state index contributed by atoms with van der Waals surface area (Å²) in [6, 6.07) is 0.852. The van der Waals surface area contributed by atoms with Gasteiger partial charge in [0.2, 0.25) is 0 Å². The number of hydrogen-bond donors (Lipinski definition) is 1. The Morgan fingerprint density at radius 3 is 2.31 bits per heavy atom. The minimum atomic E-state index is 0.852. The Labute approximate surface area is 101 Å². The van der Waals surface area contributed by atoms with Crippen molar-refractivity contribution in [2.75, 3.05) is 6.54 Å². The van der Waals surface area contributed by atoms with Crippen molar-refractivity contribution in [3.8, 4) is 0 Å². The second-order valence-electron chi connectivity index (χ2n) is 5.99. The van der Waals surface area contributed by atoms with Crippen LogP contribution < -0.4 is 5.32 Å². The van der Waals surface area contributed by atoms with E-state index >= 15 is 0 Å². The monoisotopic (exact) mass is 223 g/mol. The Morgan fingerprint density at radius 1 is 1.00 bits per heavy atom. The fourth-order valence-electron chi connectivity index (χ4n) is 3.40. The van der Waals surface area contributed by atoms with Crippen molar-refractivity contribution in [2.45, 2.75) is 77.2 Å². The molecule has 94 valence electrons. The molecule has 1 N–H and O–H groups in total. The zero-order valence-corrected chi connectivity index (χ0v) is 11.0. The molecule has 16 heavy (non-hydrogen) atoms. The van der Waals surface area contributed by atoms with Gasteiger partial charge < -0.3 is 5.32 Å². The summed E-state index contributed by atoms with van der Waals surface area (Å²) in [7, 11) is 0. The molecule has 0 spiro atoms. The summed E-state index contributed by atoms with van der Waals surface area (Å²) in [5, 5.41) is 3.84. The van der Waals surface area contributed by atoms with Gasteiger partial charge in [0, 0.05) is 6.04 Å². The van der Waals surface area contributed by atoms with Gasteiger partial charge >= 0.3 is 0 Å². The lowest BCUT2D eigenvalue weighted by molar-refractivity contribution is 0.193. The lowest BCUT2D eigenvalue weighted by Gasteiger charge is -2.36. The van der Waals surface area contributed by atoms with Crippen molar-refractivity contribution in [3.05, 3.63) is 0 Å². The number of nitrogens with one attached hydrogen (secondary N) is 1. The van der Waals surface area contributed by atoms with Crippen LogP contribution in [0.25, 0.3) is 0 Å². The molecule has 1 atom stereocenters. The second-order valence-corrected chi connectivity index (χ2v) is 5.99. The van der Waals surface area contributed by atoms with Crippen LogP contribution in [0.15, 0.2) is 0 Å². The van der Waals surface area contributed by atoms with Gasteiger partial charge in [-0.3, -0.25) is 0 Å². The van der Waals surface area contributed by atoms with Gasteiger partial charge in [-0.2, -0.15) is 0 Å². The average Bonchev–Trinajstić information content (AvgIpc) is 2.28. The van der Waals surface area contributed by atoms with Gasteiger partial charge in [-0.25, -0.2) is 0 Å². The van der Waals surface area contributed by atoms with E-state index in [1.165, 1.54) is 70.8 Å². The predicted octanol–water partition coefficient (Wildman–Crippen LogP) is 4.13. The molecule has 0 bridgehead atoms. The van der Waals surface area contributed by atoms with Gasteiger partial charge in [0.15, 0.2) is 0 Å². The Morgan fingerprint density at radius 2 is 1.75 bits per heavy atom. The van der Waals surface area contributed by atoms with Crippen LogP contribution >= 0.6 is 0 Å². The maximum Gasteiger partial charge on any atom is 0.00979 e. The zero-order valence-electron chi connectivity index (χ0n) is 11.0. The normalized spacial score (nSPS) is 25.3. The van der Waals surface area contributed by atoms with E-state index < -0.39 is 0 Å². The first-order chi connectivity index (χ1) is 7.90. The first kappa shape index (κ1) is 12.4. The smallest absolute Gasteiger partial charge is 0.00979 e. The van der Waals surface area contributed by atoms with Crippen molar-refractivity contribution in [3.63, 3.8) is 0 Å². The van der Waals surface area contributed by atoms with Crippen LogP contribution in [0.5, 0.6) is 0 Å². The highest BCUT2D eigenvalue weighted by Gasteiger charge is 2.28. The molecule has 0 amide bonds. The van der Waals surface area contributed by atoms with Crippen molar-refractivity contribution in [1.82, 2.24) is 5.32 Å². The van der Waals surface area contributed by atoms with Crippen LogP contribution in [0.4, 0.5) is 0 Å². The second kappa shape index (κ2) is 6.64. The molecular weight excluding hydrogens is 194 g/mol. The summed E-state index contributed by atoms with van der Waals surface area (Å²) in [5.74, 6) is 2.07. The molecule has 0 saturated heterocycles. The molecule has 2 aliphatic rings. The van der Waals surface area contributed by atoms with Crippen LogP contribution in [0.3, 0.4) is 0 Å². The molecule has 1 unspecified atom stereocenters. The SMILES string of the molecule is CCCNC(CC1CCC1)C1CCCCC1. The van der Waals surface area contributed by atoms with E-state index in [1.807, 2.05) is 0 Å². The van der Waals surface area contributed by atoms with E-state index in [9.17, 15) is 0 Å². The van der Waals surface area contributed by atoms with E-state index in [4.69, 9.17) is 0 Å². The van der Waals surface area contributed by atoms with E-state index in [2.05, 4.69) is 12.2 Å². The van der Waals surface area contributed by atoms with E-state index in [-0.39, 0.29) is 0 Å². The fraction of sp³-hybridized carbons (Fsp3) is 1.00. The molecule has 1 nitrogen and oxygen atoms in total. The van der Waals surface area contributed by atoms with Crippen LogP contribution in [0.1, 0.15) is 71.1 Å². The molecule has 0 aromatic rings. The third kappa shape index (κ3) is 3.48. The first-order valence-corrected chi connectivity index (χ1v) is 7.63. The van der Waals surface area contributed by atoms with Crippen LogP contribution in [-0.4, -0.2) is 12.6 Å². The molecule has 1 heteroatoms. The highest BCUT2D eigenvalue weighted by Crippen LogP contribution is 2.35. The molecule has 0 aromatic carbocycles. The summed E-state index contributed by atoms with van der Waals surface area (Å²) in [6.07, 6.45) is 14.7. The summed E-state index contributed by atoms with van der Waals surface area (Å²) in [5.41, 5.74) is 0. The molecule has 2 saturated carbocycles. The van der Waals surface area contributed by atoms with Gasteiger partial charge in [-0.15, -0.1) is 0 Å². The van der Waals surface area contributed by atoms with E-state index in [1.54, 1.807) is 0 Å². The number of rotatable bonds is 6. The minimum Gasteiger partial charge on any atom is -0.314 e. The highest BCUT2D eigenvalue weighted by molar-refractivity contribution is 4.84. The topological polar surface area (TPSA) is 12.0 Å². The molecule has 0 heterocycles. The molecule has 0 radical (unpaired) electrons. The van der Waals surface area contributed by atoms with Gasteiger partial charge in [0.1, 0.15) is 0 Å². The lowest BCUT2D eigenvalue weighted by atomic mass is 9.75. The van der Waals surface area contributed by atoms with Gasteiger partial charge in [-0.05, 0) is 44.1 Å². The number of hydrogen-bond acceptors (Lipinski definition) is 1. The molecule has 2 rings (SSSR count). The fourth-order valence-corrected chi connectivity index (χ4v) is 3.40. The van der Waals surface area contributed by atoms with Gasteiger partial charge in [0.05, 0.1) is 0 Å². The van der Waals surface area contributed by atoms with Crippen molar-refractivity contribution >= 4 is 0 Å². The van der Waals surface area contributed by atoms with Gasteiger partial charge in [0.25, 0.3) is 0 Å². The van der Waals surface area contributed by atoms with Crippen molar-refractivity contribution in [1.29, 1.82) is 0 Å². The third-order valence-electron chi connectivity index (χ3n) is 4.69. The average molecular weight is 223 g/mol. The summed E-state index contributed by atoms with van der Waals surface area (Å²) in [4.78, 5) is 0. The highest BCUT2D eigenvalue weighted by atomic mass is 14.9.